The number of hydrogen-bond acceptors (Lipinski definition) is 4. The van der Waals surface area contributed by atoms with Gasteiger partial charge in [0.15, 0.2) is 0 Å². The third-order valence-corrected chi connectivity index (χ3v) is 5.59. The van der Waals surface area contributed by atoms with Gasteiger partial charge in [-0.05, 0) is 61.0 Å². The molecule has 1 aliphatic rings. The first-order valence-corrected chi connectivity index (χ1v) is 10.9. The fourth-order valence-electron chi connectivity index (χ4n) is 3.32. The van der Waals surface area contributed by atoms with Gasteiger partial charge in [-0.3, -0.25) is 14.4 Å². The molecule has 3 amide bonds. The number of halogens is 3. The maximum absolute atomic E-state index is 13.0. The van der Waals surface area contributed by atoms with Crippen molar-refractivity contribution < 1.29 is 14.4 Å². The van der Waals surface area contributed by atoms with Crippen molar-refractivity contribution in [3.05, 3.63) is 98.6 Å². The number of carbonyl (C=O) groups excluding carboxylic acids is 3. The minimum atomic E-state index is -0.712. The van der Waals surface area contributed by atoms with Gasteiger partial charge in [-0.2, -0.15) is 0 Å². The van der Waals surface area contributed by atoms with Crippen LogP contribution in [0.4, 0.5) is 17.1 Å². The standard InChI is InChI=1S/C24H16Cl3N3O3/c1-13-4-2-6-17(8-13)29-22(31)14-5-3-7-18(9-14)28-21-20(27)23(32)30(24(21)33)19-11-15(25)10-16(26)12-19/h2-12,28H,1H3,(H,29,31). The molecular weight excluding hydrogens is 485 g/mol. The quantitative estimate of drug-likeness (QED) is 0.422. The highest BCUT2D eigenvalue weighted by Gasteiger charge is 2.39. The number of rotatable bonds is 5. The largest absolute Gasteiger partial charge is 0.350 e. The zero-order chi connectivity index (χ0) is 23.7. The Bertz CT molecular complexity index is 1320. The zero-order valence-electron chi connectivity index (χ0n) is 17.2. The van der Waals surface area contributed by atoms with Crippen LogP contribution in [0.25, 0.3) is 0 Å². The van der Waals surface area contributed by atoms with Crippen LogP contribution in [0.3, 0.4) is 0 Å². The molecule has 1 aliphatic heterocycles. The molecule has 0 atom stereocenters. The zero-order valence-corrected chi connectivity index (χ0v) is 19.4. The predicted octanol–water partition coefficient (Wildman–Crippen LogP) is 5.99. The van der Waals surface area contributed by atoms with E-state index in [4.69, 9.17) is 34.8 Å². The Hall–Kier alpha value is -3.32. The first-order valence-electron chi connectivity index (χ1n) is 9.72. The monoisotopic (exact) mass is 499 g/mol. The predicted molar refractivity (Wildman–Crippen MR) is 131 cm³/mol. The third-order valence-electron chi connectivity index (χ3n) is 4.80. The van der Waals surface area contributed by atoms with Gasteiger partial charge in [0.2, 0.25) is 0 Å². The van der Waals surface area contributed by atoms with E-state index in [1.165, 1.54) is 18.2 Å². The van der Waals surface area contributed by atoms with Crippen LogP contribution in [0.15, 0.2) is 77.5 Å². The molecule has 0 spiro atoms. The minimum Gasteiger partial charge on any atom is -0.350 e. The van der Waals surface area contributed by atoms with E-state index in [1.807, 2.05) is 25.1 Å². The van der Waals surface area contributed by atoms with Crippen LogP contribution < -0.4 is 15.5 Å². The van der Waals surface area contributed by atoms with E-state index in [0.717, 1.165) is 10.5 Å². The average Bonchev–Trinajstić information content (AvgIpc) is 2.96. The molecular formula is C24H16Cl3N3O3. The Morgan fingerprint density at radius 3 is 2.18 bits per heavy atom. The van der Waals surface area contributed by atoms with E-state index in [2.05, 4.69) is 10.6 Å². The maximum atomic E-state index is 13.0. The Balaban J connectivity index is 1.56. The minimum absolute atomic E-state index is 0.117. The summed E-state index contributed by atoms with van der Waals surface area (Å²) in [7, 11) is 0. The lowest BCUT2D eigenvalue weighted by Crippen LogP contribution is -2.32. The smallest absolute Gasteiger partial charge is 0.283 e. The molecule has 1 heterocycles. The van der Waals surface area contributed by atoms with E-state index in [-0.39, 0.29) is 32.4 Å². The number of imide groups is 1. The second-order valence-corrected chi connectivity index (χ2v) is 8.54. The fourth-order valence-corrected chi connectivity index (χ4v) is 4.05. The summed E-state index contributed by atoms with van der Waals surface area (Å²) in [5, 5.41) is 5.93. The lowest BCUT2D eigenvalue weighted by molar-refractivity contribution is -0.120. The summed E-state index contributed by atoms with van der Waals surface area (Å²) in [6.07, 6.45) is 0. The molecule has 0 radical (unpaired) electrons. The molecule has 2 N–H and O–H groups in total. The first-order chi connectivity index (χ1) is 15.7. The maximum Gasteiger partial charge on any atom is 0.283 e. The van der Waals surface area contributed by atoms with Gasteiger partial charge in [-0.1, -0.05) is 53.0 Å². The molecule has 33 heavy (non-hydrogen) atoms. The number of aryl methyl sites for hydroxylation is 1. The van der Waals surface area contributed by atoms with Crippen LogP contribution in [-0.2, 0) is 9.59 Å². The van der Waals surface area contributed by atoms with E-state index in [1.54, 1.807) is 30.3 Å². The summed E-state index contributed by atoms with van der Waals surface area (Å²) in [4.78, 5) is 39.2. The normalized spacial score (nSPS) is 13.5. The molecule has 3 aromatic carbocycles. The number of benzene rings is 3. The molecule has 3 aromatic rings. The number of hydrogen-bond donors (Lipinski definition) is 2. The molecule has 166 valence electrons. The highest BCUT2D eigenvalue weighted by molar-refractivity contribution is 6.53. The SMILES string of the molecule is Cc1cccc(NC(=O)c2cccc(NC3=C(Cl)C(=O)N(c4cc(Cl)cc(Cl)c4)C3=O)c2)c1. The number of amides is 3. The lowest BCUT2D eigenvalue weighted by atomic mass is 10.1. The van der Waals surface area contributed by atoms with Crippen LogP contribution in [0.5, 0.6) is 0 Å². The highest BCUT2D eigenvalue weighted by atomic mass is 35.5. The van der Waals surface area contributed by atoms with Gasteiger partial charge in [0.05, 0.1) is 5.69 Å². The van der Waals surface area contributed by atoms with Gasteiger partial charge in [0.1, 0.15) is 10.7 Å². The van der Waals surface area contributed by atoms with Crippen LogP contribution in [0.2, 0.25) is 10.0 Å². The Morgan fingerprint density at radius 1 is 0.818 bits per heavy atom. The molecule has 4 rings (SSSR count). The van der Waals surface area contributed by atoms with Crippen molar-refractivity contribution >= 4 is 69.6 Å². The van der Waals surface area contributed by atoms with E-state index in [0.29, 0.717) is 16.9 Å². The molecule has 0 unspecified atom stereocenters. The van der Waals surface area contributed by atoms with Crippen molar-refractivity contribution in [2.24, 2.45) is 0 Å². The number of nitrogens with zero attached hydrogens (tertiary/aromatic N) is 1. The van der Waals surface area contributed by atoms with E-state index < -0.39 is 11.8 Å². The molecule has 0 aliphatic carbocycles. The van der Waals surface area contributed by atoms with Crippen LogP contribution in [0, 0.1) is 6.92 Å². The molecule has 0 aromatic heterocycles. The van der Waals surface area contributed by atoms with E-state index in [9.17, 15) is 14.4 Å². The second-order valence-electron chi connectivity index (χ2n) is 7.29. The summed E-state index contributed by atoms with van der Waals surface area (Å²) in [6.45, 7) is 1.93. The first kappa shape index (κ1) is 22.9. The topological polar surface area (TPSA) is 78.5 Å². The summed E-state index contributed by atoms with van der Waals surface area (Å²) in [5.74, 6) is -1.71. The lowest BCUT2D eigenvalue weighted by Gasteiger charge is -2.16. The van der Waals surface area contributed by atoms with Crippen molar-refractivity contribution in [1.82, 2.24) is 0 Å². The van der Waals surface area contributed by atoms with Crippen LogP contribution in [0.1, 0.15) is 15.9 Å². The molecule has 0 bridgehead atoms. The molecule has 0 saturated carbocycles. The number of carbonyl (C=O) groups is 3. The van der Waals surface area contributed by atoms with Crippen molar-refractivity contribution in [2.75, 3.05) is 15.5 Å². The highest BCUT2D eigenvalue weighted by Crippen LogP contribution is 2.33. The summed E-state index contributed by atoms with van der Waals surface area (Å²) in [6, 6.07) is 18.3. The summed E-state index contributed by atoms with van der Waals surface area (Å²) >= 11 is 18.2. The van der Waals surface area contributed by atoms with Crippen LogP contribution >= 0.6 is 34.8 Å². The van der Waals surface area contributed by atoms with Gasteiger partial charge >= 0.3 is 0 Å². The van der Waals surface area contributed by atoms with Crippen LogP contribution in [-0.4, -0.2) is 17.7 Å². The van der Waals surface area contributed by atoms with E-state index >= 15 is 0 Å². The second kappa shape index (κ2) is 9.27. The summed E-state index contributed by atoms with van der Waals surface area (Å²) in [5.41, 5.74) is 2.52. The fraction of sp³-hybridized carbons (Fsp3) is 0.0417. The molecule has 0 fully saturated rings. The Morgan fingerprint density at radius 2 is 1.48 bits per heavy atom. The van der Waals surface area contributed by atoms with Gasteiger partial charge < -0.3 is 10.6 Å². The Kier molecular flexibility index (Phi) is 6.42. The number of anilines is 3. The van der Waals surface area contributed by atoms with Crippen molar-refractivity contribution in [1.29, 1.82) is 0 Å². The van der Waals surface area contributed by atoms with Gasteiger partial charge in [-0.15, -0.1) is 0 Å². The molecule has 0 saturated heterocycles. The van der Waals surface area contributed by atoms with Crippen molar-refractivity contribution in [3.8, 4) is 0 Å². The number of nitrogens with one attached hydrogen (secondary N) is 2. The third kappa shape index (κ3) is 4.88. The van der Waals surface area contributed by atoms with Gasteiger partial charge in [-0.25, -0.2) is 4.90 Å². The van der Waals surface area contributed by atoms with Gasteiger partial charge in [0, 0.05) is 27.0 Å². The van der Waals surface area contributed by atoms with Gasteiger partial charge in [0.25, 0.3) is 17.7 Å². The Labute approximate surface area is 204 Å². The van der Waals surface area contributed by atoms with Crippen molar-refractivity contribution in [2.45, 2.75) is 6.92 Å². The average molecular weight is 501 g/mol. The molecule has 9 heteroatoms. The molecule has 6 nitrogen and oxygen atoms in total. The van der Waals surface area contributed by atoms with Crippen molar-refractivity contribution in [3.63, 3.8) is 0 Å². The summed E-state index contributed by atoms with van der Waals surface area (Å²) < 4.78 is 0.